The van der Waals surface area contributed by atoms with Crippen LogP contribution in [0.25, 0.3) is 0 Å². The van der Waals surface area contributed by atoms with Gasteiger partial charge >= 0.3 is 0 Å². The van der Waals surface area contributed by atoms with Gasteiger partial charge in [-0.05, 0) is 6.92 Å². The van der Waals surface area contributed by atoms with Gasteiger partial charge < -0.3 is 14.2 Å². The number of hydrogen-bond acceptors (Lipinski definition) is 3. The van der Waals surface area contributed by atoms with Crippen LogP contribution < -0.4 is 0 Å². The summed E-state index contributed by atoms with van der Waals surface area (Å²) in [6, 6.07) is 0. The molecular formula is C8H14O3. The SMILES string of the molecule is COC[C@]12COC(C1)[C@H](C)O2. The lowest BCUT2D eigenvalue weighted by molar-refractivity contribution is -0.154. The maximum atomic E-state index is 5.74. The maximum Gasteiger partial charge on any atom is 0.118 e. The second kappa shape index (κ2) is 2.44. The van der Waals surface area contributed by atoms with Crippen molar-refractivity contribution in [3.8, 4) is 0 Å². The Bertz CT molecular complexity index is 155. The van der Waals surface area contributed by atoms with Gasteiger partial charge in [0, 0.05) is 13.5 Å². The third-order valence-electron chi connectivity index (χ3n) is 2.50. The van der Waals surface area contributed by atoms with Crippen molar-refractivity contribution < 1.29 is 14.2 Å². The number of rotatable bonds is 2. The van der Waals surface area contributed by atoms with Gasteiger partial charge in [-0.25, -0.2) is 0 Å². The van der Waals surface area contributed by atoms with Crippen molar-refractivity contribution in [3.63, 3.8) is 0 Å². The summed E-state index contributed by atoms with van der Waals surface area (Å²) in [5, 5.41) is 0. The van der Waals surface area contributed by atoms with Crippen LogP contribution in [0.3, 0.4) is 0 Å². The Morgan fingerprint density at radius 1 is 1.64 bits per heavy atom. The van der Waals surface area contributed by atoms with E-state index in [1.165, 1.54) is 0 Å². The summed E-state index contributed by atoms with van der Waals surface area (Å²) in [5.74, 6) is 0. The molecule has 2 aliphatic heterocycles. The topological polar surface area (TPSA) is 27.7 Å². The lowest BCUT2D eigenvalue weighted by Crippen LogP contribution is -2.39. The zero-order valence-electron chi connectivity index (χ0n) is 7.00. The fourth-order valence-corrected chi connectivity index (χ4v) is 1.99. The van der Waals surface area contributed by atoms with Gasteiger partial charge in [-0.3, -0.25) is 0 Å². The summed E-state index contributed by atoms with van der Waals surface area (Å²) in [4.78, 5) is 0. The highest BCUT2D eigenvalue weighted by Gasteiger charge is 2.51. The number of fused-ring (bicyclic) bond motifs is 2. The summed E-state index contributed by atoms with van der Waals surface area (Å²) in [7, 11) is 1.70. The van der Waals surface area contributed by atoms with Gasteiger partial charge in [-0.1, -0.05) is 0 Å². The fourth-order valence-electron chi connectivity index (χ4n) is 1.99. The average Bonchev–Trinajstić information content (AvgIpc) is 2.44. The van der Waals surface area contributed by atoms with E-state index in [4.69, 9.17) is 14.2 Å². The van der Waals surface area contributed by atoms with Gasteiger partial charge in [0.05, 0.1) is 25.4 Å². The van der Waals surface area contributed by atoms with Crippen molar-refractivity contribution in [1.29, 1.82) is 0 Å². The Hall–Kier alpha value is -0.120. The van der Waals surface area contributed by atoms with Gasteiger partial charge in [0.15, 0.2) is 0 Å². The number of hydrogen-bond donors (Lipinski definition) is 0. The average molecular weight is 158 g/mol. The van der Waals surface area contributed by atoms with Crippen molar-refractivity contribution in [3.05, 3.63) is 0 Å². The molecule has 2 bridgehead atoms. The molecule has 64 valence electrons. The molecule has 0 spiro atoms. The molecule has 3 heteroatoms. The number of ether oxygens (including phenoxy) is 3. The molecule has 2 heterocycles. The van der Waals surface area contributed by atoms with E-state index < -0.39 is 0 Å². The van der Waals surface area contributed by atoms with Gasteiger partial charge in [0.2, 0.25) is 0 Å². The standard InChI is InChI=1S/C8H14O3/c1-6-7-3-8(11-6,4-9-2)5-10-7/h6-7H,3-5H2,1-2H3/t6-,7?,8-/m0/s1. The van der Waals surface area contributed by atoms with Crippen LogP contribution in [0.4, 0.5) is 0 Å². The molecule has 0 N–H and O–H groups in total. The molecule has 11 heavy (non-hydrogen) atoms. The molecule has 0 aromatic rings. The molecule has 0 aliphatic carbocycles. The van der Waals surface area contributed by atoms with Gasteiger partial charge in [0.1, 0.15) is 5.60 Å². The van der Waals surface area contributed by atoms with Crippen LogP contribution in [0.5, 0.6) is 0 Å². The first kappa shape index (κ1) is 7.53. The molecule has 1 unspecified atom stereocenters. The van der Waals surface area contributed by atoms with Gasteiger partial charge in [0.25, 0.3) is 0 Å². The first-order valence-corrected chi connectivity index (χ1v) is 4.04. The third kappa shape index (κ3) is 1.08. The normalized spacial score (nSPS) is 48.5. The molecule has 0 saturated carbocycles. The van der Waals surface area contributed by atoms with E-state index in [0.717, 1.165) is 6.42 Å². The van der Waals surface area contributed by atoms with Gasteiger partial charge in [-0.15, -0.1) is 0 Å². The lowest BCUT2D eigenvalue weighted by Gasteiger charge is -2.28. The van der Waals surface area contributed by atoms with Crippen LogP contribution in [0, 0.1) is 0 Å². The minimum atomic E-state index is -0.112. The molecule has 3 atom stereocenters. The first-order valence-electron chi connectivity index (χ1n) is 4.04. The van der Waals surface area contributed by atoms with E-state index in [1.807, 2.05) is 0 Å². The minimum absolute atomic E-state index is 0.112. The molecule has 0 aromatic heterocycles. The fraction of sp³-hybridized carbons (Fsp3) is 1.00. The number of methoxy groups -OCH3 is 1. The highest BCUT2D eigenvalue weighted by Crippen LogP contribution is 2.39. The van der Waals surface area contributed by atoms with Crippen LogP contribution in [0.15, 0.2) is 0 Å². The maximum absolute atomic E-state index is 5.74. The first-order chi connectivity index (χ1) is 5.26. The van der Waals surface area contributed by atoms with Crippen molar-refractivity contribution in [2.75, 3.05) is 20.3 Å². The van der Waals surface area contributed by atoms with E-state index >= 15 is 0 Å². The molecule has 2 saturated heterocycles. The molecular weight excluding hydrogens is 144 g/mol. The summed E-state index contributed by atoms with van der Waals surface area (Å²) in [5.41, 5.74) is -0.112. The summed E-state index contributed by atoms with van der Waals surface area (Å²) in [6.45, 7) is 3.42. The highest BCUT2D eigenvalue weighted by molar-refractivity contribution is 4.99. The largest absolute Gasteiger partial charge is 0.382 e. The van der Waals surface area contributed by atoms with Crippen molar-refractivity contribution >= 4 is 0 Å². The Labute approximate surface area is 66.6 Å². The quantitative estimate of drug-likeness (QED) is 0.588. The zero-order valence-corrected chi connectivity index (χ0v) is 7.00. The monoisotopic (exact) mass is 158 g/mol. The molecule has 2 rings (SSSR count). The molecule has 2 fully saturated rings. The summed E-state index contributed by atoms with van der Waals surface area (Å²) in [6.07, 6.45) is 1.56. The van der Waals surface area contributed by atoms with Crippen LogP contribution in [0.2, 0.25) is 0 Å². The third-order valence-corrected chi connectivity index (χ3v) is 2.50. The molecule has 0 aromatic carbocycles. The van der Waals surface area contributed by atoms with Crippen LogP contribution in [-0.2, 0) is 14.2 Å². The Morgan fingerprint density at radius 3 is 2.91 bits per heavy atom. The minimum Gasteiger partial charge on any atom is -0.382 e. The molecule has 0 amide bonds. The van der Waals surface area contributed by atoms with Crippen LogP contribution in [-0.4, -0.2) is 38.1 Å². The smallest absolute Gasteiger partial charge is 0.118 e. The van der Waals surface area contributed by atoms with E-state index in [1.54, 1.807) is 7.11 Å². The zero-order chi connectivity index (χ0) is 7.90. The summed E-state index contributed by atoms with van der Waals surface area (Å²) >= 11 is 0. The van der Waals surface area contributed by atoms with Crippen LogP contribution >= 0.6 is 0 Å². The second-order valence-electron chi connectivity index (χ2n) is 3.49. The van der Waals surface area contributed by atoms with Crippen molar-refractivity contribution in [2.24, 2.45) is 0 Å². The van der Waals surface area contributed by atoms with E-state index in [2.05, 4.69) is 6.92 Å². The second-order valence-corrected chi connectivity index (χ2v) is 3.49. The lowest BCUT2D eigenvalue weighted by atomic mass is 10.0. The van der Waals surface area contributed by atoms with E-state index in [9.17, 15) is 0 Å². The van der Waals surface area contributed by atoms with Gasteiger partial charge in [-0.2, -0.15) is 0 Å². The Kier molecular flexibility index (Phi) is 1.67. The van der Waals surface area contributed by atoms with Crippen molar-refractivity contribution in [1.82, 2.24) is 0 Å². The highest BCUT2D eigenvalue weighted by atomic mass is 16.6. The summed E-state index contributed by atoms with van der Waals surface area (Å²) < 4.78 is 16.3. The molecule has 0 radical (unpaired) electrons. The molecule has 2 aliphatic rings. The Morgan fingerprint density at radius 2 is 2.45 bits per heavy atom. The van der Waals surface area contributed by atoms with Crippen LogP contribution in [0.1, 0.15) is 13.3 Å². The van der Waals surface area contributed by atoms with E-state index in [0.29, 0.717) is 19.3 Å². The molecule has 3 nitrogen and oxygen atoms in total. The van der Waals surface area contributed by atoms with E-state index in [-0.39, 0.29) is 11.7 Å². The Balaban J connectivity index is 2.05. The van der Waals surface area contributed by atoms with Crippen molar-refractivity contribution in [2.45, 2.75) is 31.2 Å². The predicted molar refractivity (Wildman–Crippen MR) is 39.5 cm³/mol. The predicted octanol–water partition coefficient (Wildman–Crippen LogP) is 0.579.